The third-order valence-electron chi connectivity index (χ3n) is 10.9. The molecule has 0 saturated heterocycles. The molecular weight excluding hydrogens is 1340 g/mol. The van der Waals surface area contributed by atoms with Crippen LogP contribution in [0, 0.1) is 5.41 Å². The zero-order valence-electron chi connectivity index (χ0n) is 47.9. The van der Waals surface area contributed by atoms with E-state index in [4.69, 9.17) is 18.9 Å². The summed E-state index contributed by atoms with van der Waals surface area (Å²) in [6.07, 6.45) is 11.6. The quantitative estimate of drug-likeness (QED) is 0.0117. The van der Waals surface area contributed by atoms with E-state index in [9.17, 15) is 57.5 Å². The summed E-state index contributed by atoms with van der Waals surface area (Å²) >= 11 is 18.1. The number of hydrogen-bond acceptors (Lipinski definition) is 20. The highest BCUT2D eigenvalue weighted by molar-refractivity contribution is 8.14. The van der Waals surface area contributed by atoms with Gasteiger partial charge in [-0.25, -0.2) is 0 Å². The minimum absolute atomic E-state index is 0. The molecule has 0 heterocycles. The van der Waals surface area contributed by atoms with Gasteiger partial charge in [0.25, 0.3) is 41.9 Å². The molecule has 0 aromatic rings. The standard InChI is InChI=1S/C49H84N8O16S8.4H2S/c58-37(17-29-78-45(66)54-25-13-5-1-9-21-50-41(62)74)70-33-49(34-71-38(59)18-30-79-46(67)55-26-14-6-2-10-22-51-42(63)75,35-72-39(60)19-31-80-47(68)56-27-15-7-3-11-23-52-43(64)76)36-73-40(61)20-32-81-48(69)57-28-16-8-4-12-24-53-44(65)77;;;;/h1-36H2,(H,54,66)(H,55,67)(H,56,68)(H,57,69)(H2,50,62,74)(H2,51,63,75)(H2,52,64,76)(H2,53,65,77);4*1H2. The summed E-state index contributed by atoms with van der Waals surface area (Å²) in [6, 6.07) is 0. The van der Waals surface area contributed by atoms with Crippen molar-refractivity contribution in [2.24, 2.45) is 5.41 Å². The topological polar surface area (TPSA) is 338 Å². The maximum atomic E-state index is 13.2. The smallest absolute Gasteiger partial charge is 0.306 e. The Bertz CT molecular complexity index is 1650. The lowest BCUT2D eigenvalue weighted by Gasteiger charge is -2.31. The first-order valence-corrected chi connectivity index (χ1v) is 32.7. The van der Waals surface area contributed by atoms with Crippen molar-refractivity contribution in [2.45, 2.75) is 128 Å². The van der Waals surface area contributed by atoms with Gasteiger partial charge in [-0.15, -0.1) is 0 Å². The van der Waals surface area contributed by atoms with Crippen LogP contribution in [-0.4, -0.2) is 168 Å². The summed E-state index contributed by atoms with van der Waals surface area (Å²) in [7, 11) is 0. The molecule has 0 radical (unpaired) electrons. The number of nitrogens with one attached hydrogen (secondary N) is 8. The summed E-state index contributed by atoms with van der Waals surface area (Å²) in [4.78, 5) is 146. The van der Waals surface area contributed by atoms with Crippen LogP contribution in [0.15, 0.2) is 0 Å². The molecule has 0 fully saturated rings. The minimum atomic E-state index is -1.67. The Labute approximate surface area is 567 Å². The summed E-state index contributed by atoms with van der Waals surface area (Å²) in [5.74, 6) is -2.93. The van der Waals surface area contributed by atoms with E-state index >= 15 is 0 Å². The van der Waals surface area contributed by atoms with Crippen molar-refractivity contribution in [1.29, 1.82) is 0 Å². The Morgan fingerprint density at radius 1 is 0.271 bits per heavy atom. The Hall–Kier alpha value is -2.16. The lowest BCUT2D eigenvalue weighted by molar-refractivity contribution is -0.170. The molecule has 0 aliphatic carbocycles. The third kappa shape index (κ3) is 64.6. The lowest BCUT2D eigenvalue weighted by atomic mass is 9.92. The van der Waals surface area contributed by atoms with Gasteiger partial charge in [-0.3, -0.25) is 57.5 Å². The molecular formula is C49H92N8O16S12. The molecule has 0 aliphatic heterocycles. The van der Waals surface area contributed by atoms with Gasteiger partial charge in [-0.05, 0) is 51.4 Å². The largest absolute Gasteiger partial charge is 0.465 e. The number of esters is 4. The fourth-order valence-corrected chi connectivity index (χ4v) is 9.62. The average molecular weight is 1430 g/mol. The molecule has 0 bridgehead atoms. The first-order chi connectivity index (χ1) is 38.8. The third-order valence-corrected chi connectivity index (χ3v) is 14.8. The molecule has 0 spiro atoms. The number of thiol groups is 4. The molecule has 0 atom stereocenters. The maximum Gasteiger partial charge on any atom is 0.306 e. The van der Waals surface area contributed by atoms with Gasteiger partial charge in [0.1, 0.15) is 31.8 Å². The average Bonchev–Trinajstić information content (AvgIpc) is 3.40. The molecule has 8 N–H and O–H groups in total. The highest BCUT2D eigenvalue weighted by Gasteiger charge is 2.38. The van der Waals surface area contributed by atoms with E-state index in [2.05, 4.69) is 93.0 Å². The van der Waals surface area contributed by atoms with Crippen molar-refractivity contribution in [1.82, 2.24) is 42.5 Å². The van der Waals surface area contributed by atoms with Crippen LogP contribution >= 0.6 is 152 Å². The van der Waals surface area contributed by atoms with E-state index in [0.29, 0.717) is 78.0 Å². The molecule has 496 valence electrons. The van der Waals surface area contributed by atoms with Crippen LogP contribution < -0.4 is 42.5 Å². The molecule has 0 aromatic heterocycles. The fourth-order valence-electron chi connectivity index (χ4n) is 6.54. The summed E-state index contributed by atoms with van der Waals surface area (Å²) < 4.78 is 22.5. The number of rotatable bonds is 48. The Morgan fingerprint density at radius 3 is 0.600 bits per heavy atom. The number of carbonyl (C=O) groups excluding carboxylic acids is 12. The highest BCUT2D eigenvalue weighted by Crippen LogP contribution is 2.24. The molecule has 36 heteroatoms. The second kappa shape index (κ2) is 63.4. The number of thioether (sulfide) groups is 4. The molecule has 8 amide bonds. The van der Waals surface area contributed by atoms with E-state index in [-0.39, 0.29) is 124 Å². The van der Waals surface area contributed by atoms with Gasteiger partial charge in [-0.2, -0.15) is 54.0 Å². The minimum Gasteiger partial charge on any atom is -0.465 e. The molecule has 0 saturated carbocycles. The summed E-state index contributed by atoms with van der Waals surface area (Å²) in [5, 5.41) is 18.5. The van der Waals surface area contributed by atoms with E-state index in [1.165, 1.54) is 0 Å². The van der Waals surface area contributed by atoms with E-state index in [0.717, 1.165) is 124 Å². The van der Waals surface area contributed by atoms with E-state index in [1.807, 2.05) is 0 Å². The van der Waals surface area contributed by atoms with Gasteiger partial charge in [0, 0.05) is 75.4 Å². The van der Waals surface area contributed by atoms with Gasteiger partial charge in [0.15, 0.2) is 0 Å². The fraction of sp³-hybridized carbons (Fsp3) is 0.755. The van der Waals surface area contributed by atoms with Crippen molar-refractivity contribution in [3.05, 3.63) is 0 Å². The number of amides is 8. The summed E-state index contributed by atoms with van der Waals surface area (Å²) in [5.41, 5.74) is -1.67. The number of ether oxygens (including phenoxy) is 4. The second-order valence-electron chi connectivity index (χ2n) is 18.0. The van der Waals surface area contributed by atoms with Gasteiger partial charge >= 0.3 is 23.9 Å². The molecule has 0 rings (SSSR count). The van der Waals surface area contributed by atoms with Crippen LogP contribution in [0.1, 0.15) is 128 Å². The Kier molecular flexibility index (Phi) is 68.3. The number of hydrogen-bond donors (Lipinski definition) is 12. The van der Waals surface area contributed by atoms with Crippen LogP contribution in [0.25, 0.3) is 0 Å². The molecule has 24 nitrogen and oxygen atoms in total. The van der Waals surface area contributed by atoms with Crippen LogP contribution in [0.2, 0.25) is 0 Å². The van der Waals surface area contributed by atoms with Crippen molar-refractivity contribution < 1.29 is 76.5 Å². The van der Waals surface area contributed by atoms with Crippen molar-refractivity contribution in [3.8, 4) is 0 Å². The van der Waals surface area contributed by atoms with Gasteiger partial charge in [-0.1, -0.05) is 149 Å². The highest BCUT2D eigenvalue weighted by atomic mass is 32.2. The van der Waals surface area contributed by atoms with Crippen LogP contribution in [-0.2, 0) is 38.1 Å². The SMILES string of the molecule is O=C(S)NCCCCCCNC(=O)SCCC(=O)OCC(COC(=O)CCSC(=O)NCCCCCCNC(=O)S)(COC(=O)CCSC(=O)NCCCCCCNC(=O)S)COC(=O)CCSC(=O)NCCCCCCNC(=O)S.S.S.S.S. The van der Waals surface area contributed by atoms with Gasteiger partial charge in [0.05, 0.1) is 25.7 Å². The predicted octanol–water partition coefficient (Wildman–Crippen LogP) is 8.73. The molecule has 0 aromatic carbocycles. The normalized spacial score (nSPS) is 10.3. The predicted molar refractivity (Wildman–Crippen MR) is 373 cm³/mol. The van der Waals surface area contributed by atoms with Crippen molar-refractivity contribution >= 4 is 217 Å². The Morgan fingerprint density at radius 2 is 0.435 bits per heavy atom. The molecule has 0 aliphatic rings. The molecule has 85 heavy (non-hydrogen) atoms. The zero-order chi connectivity index (χ0) is 60.2. The van der Waals surface area contributed by atoms with Crippen molar-refractivity contribution in [3.63, 3.8) is 0 Å². The maximum absolute atomic E-state index is 13.2. The summed E-state index contributed by atoms with van der Waals surface area (Å²) in [6.45, 7) is 1.31. The van der Waals surface area contributed by atoms with Crippen LogP contribution in [0.5, 0.6) is 0 Å². The van der Waals surface area contributed by atoms with Crippen LogP contribution in [0.4, 0.5) is 38.4 Å². The first kappa shape index (κ1) is 91.6. The van der Waals surface area contributed by atoms with Crippen LogP contribution in [0.3, 0.4) is 0 Å². The van der Waals surface area contributed by atoms with E-state index < -0.39 is 76.7 Å². The lowest BCUT2D eigenvalue weighted by Crippen LogP contribution is -2.44. The number of carbonyl (C=O) groups is 12. The van der Waals surface area contributed by atoms with Gasteiger partial charge in [0.2, 0.25) is 0 Å². The monoisotopic (exact) mass is 1430 g/mol. The molecule has 0 unspecified atom stereocenters. The van der Waals surface area contributed by atoms with Crippen molar-refractivity contribution in [2.75, 3.05) is 102 Å². The number of unbranched alkanes of at least 4 members (excludes halogenated alkanes) is 12. The second-order valence-corrected chi connectivity index (χ2v) is 23.9. The first-order valence-electron chi connectivity index (χ1n) is 26.9. The Balaban J connectivity index is -0.00000533. The van der Waals surface area contributed by atoms with E-state index in [1.54, 1.807) is 0 Å². The zero-order valence-corrected chi connectivity index (χ0v) is 58.8. The van der Waals surface area contributed by atoms with Gasteiger partial charge < -0.3 is 61.5 Å².